The molecule has 0 bridgehead atoms. The second-order valence-corrected chi connectivity index (χ2v) is 12.8. The van der Waals surface area contributed by atoms with Gasteiger partial charge in [0.05, 0.1) is 16.1 Å². The van der Waals surface area contributed by atoms with E-state index in [2.05, 4.69) is 5.32 Å². The lowest BCUT2D eigenvalue weighted by molar-refractivity contribution is -0.140. The summed E-state index contributed by atoms with van der Waals surface area (Å²) >= 11 is 12.8. The third-order valence-electron chi connectivity index (χ3n) is 6.53. The van der Waals surface area contributed by atoms with Crippen LogP contribution in [0.3, 0.4) is 0 Å². The smallest absolute Gasteiger partial charge is 0.354 e. The maximum Gasteiger partial charge on any atom is 0.416 e. The van der Waals surface area contributed by atoms with Gasteiger partial charge in [0.25, 0.3) is 10.0 Å². The Bertz CT molecular complexity index is 1520. The molecule has 0 saturated heterocycles. The van der Waals surface area contributed by atoms with Crippen LogP contribution in [0.4, 0.5) is 18.9 Å². The lowest BCUT2D eigenvalue weighted by Crippen LogP contribution is -2.52. The van der Waals surface area contributed by atoms with Gasteiger partial charge in [-0.2, -0.15) is 13.2 Å². The van der Waals surface area contributed by atoms with Gasteiger partial charge < -0.3 is 10.2 Å². The largest absolute Gasteiger partial charge is 0.416 e. The SMILES string of the molecule is CCC(C(=O)NCC(C)C)N(Cc1c(Cl)cccc1Cl)C(=O)CN(c1cccc(C(F)(F)F)c1)S(=O)(=O)c1ccccc1. The zero-order valence-corrected chi connectivity index (χ0v) is 26.1. The number of halogens is 5. The predicted molar refractivity (Wildman–Crippen MR) is 161 cm³/mol. The topological polar surface area (TPSA) is 86.8 Å². The zero-order valence-electron chi connectivity index (χ0n) is 23.7. The Morgan fingerprint density at radius 2 is 1.53 bits per heavy atom. The lowest BCUT2D eigenvalue weighted by atomic mass is 10.1. The highest BCUT2D eigenvalue weighted by molar-refractivity contribution is 7.92. The highest BCUT2D eigenvalue weighted by Gasteiger charge is 2.36. The molecule has 7 nitrogen and oxygen atoms in total. The molecule has 0 aromatic heterocycles. The molecular formula is C30H32Cl2F3N3O4S. The van der Waals surface area contributed by atoms with Crippen molar-refractivity contribution in [3.8, 4) is 0 Å². The van der Waals surface area contributed by atoms with Gasteiger partial charge in [-0.25, -0.2) is 8.42 Å². The second-order valence-electron chi connectivity index (χ2n) is 10.2. The highest BCUT2D eigenvalue weighted by Crippen LogP contribution is 2.34. The molecule has 43 heavy (non-hydrogen) atoms. The standard InChI is InChI=1S/C30H32Cl2F3N3O4S/c1-4-27(29(40)36-17-20(2)3)37(18-24-25(31)14-9-15-26(24)32)28(39)19-38(43(41,42)23-12-6-5-7-13-23)22-11-8-10-21(16-22)30(33,34)35/h5-16,20,27H,4,17-19H2,1-3H3,(H,36,40). The third kappa shape index (κ3) is 8.64. The van der Waals surface area contributed by atoms with E-state index in [1.54, 1.807) is 31.2 Å². The van der Waals surface area contributed by atoms with Crippen LogP contribution < -0.4 is 9.62 Å². The molecule has 1 N–H and O–H groups in total. The van der Waals surface area contributed by atoms with Crippen LogP contribution in [0.2, 0.25) is 10.0 Å². The van der Waals surface area contributed by atoms with E-state index < -0.39 is 46.2 Å². The van der Waals surface area contributed by atoms with Gasteiger partial charge in [-0.15, -0.1) is 0 Å². The Labute approximate surface area is 259 Å². The monoisotopic (exact) mass is 657 g/mol. The van der Waals surface area contributed by atoms with E-state index in [-0.39, 0.29) is 39.5 Å². The number of rotatable bonds is 12. The lowest BCUT2D eigenvalue weighted by Gasteiger charge is -2.33. The summed E-state index contributed by atoms with van der Waals surface area (Å²) in [5.41, 5.74) is -1.14. The summed E-state index contributed by atoms with van der Waals surface area (Å²) in [6.07, 6.45) is -4.62. The van der Waals surface area contributed by atoms with E-state index in [1.165, 1.54) is 30.3 Å². The Balaban J connectivity index is 2.13. The van der Waals surface area contributed by atoms with Gasteiger partial charge in [0.15, 0.2) is 0 Å². The van der Waals surface area contributed by atoms with E-state index >= 15 is 0 Å². The zero-order chi connectivity index (χ0) is 31.9. The molecule has 0 aliphatic heterocycles. The van der Waals surface area contributed by atoms with Crippen LogP contribution >= 0.6 is 23.2 Å². The molecule has 0 heterocycles. The molecule has 2 amide bonds. The number of anilines is 1. The molecule has 0 radical (unpaired) electrons. The number of hydrogen-bond acceptors (Lipinski definition) is 4. The molecular weight excluding hydrogens is 626 g/mol. The minimum absolute atomic E-state index is 0.107. The molecule has 0 aliphatic carbocycles. The number of carbonyl (C=O) groups excluding carboxylic acids is 2. The fraction of sp³-hybridized carbons (Fsp3) is 0.333. The Morgan fingerprint density at radius 3 is 2.09 bits per heavy atom. The van der Waals surface area contributed by atoms with E-state index in [1.807, 2.05) is 13.8 Å². The summed E-state index contributed by atoms with van der Waals surface area (Å²) in [5, 5.41) is 3.23. The van der Waals surface area contributed by atoms with Gasteiger partial charge in [0, 0.05) is 28.7 Å². The van der Waals surface area contributed by atoms with Crippen molar-refractivity contribution in [2.75, 3.05) is 17.4 Å². The summed E-state index contributed by atoms with van der Waals surface area (Å²) in [5.74, 6) is -1.22. The normalized spacial score (nSPS) is 12.6. The van der Waals surface area contributed by atoms with E-state index in [4.69, 9.17) is 23.2 Å². The maximum absolute atomic E-state index is 14.1. The molecule has 0 spiro atoms. The summed E-state index contributed by atoms with van der Waals surface area (Å²) in [6.45, 7) is 4.63. The minimum Gasteiger partial charge on any atom is -0.354 e. The number of benzene rings is 3. The van der Waals surface area contributed by atoms with Crippen molar-refractivity contribution >= 4 is 50.7 Å². The number of hydrogen-bond donors (Lipinski definition) is 1. The Kier molecular flexibility index (Phi) is 11.5. The van der Waals surface area contributed by atoms with Gasteiger partial charge in [0.1, 0.15) is 12.6 Å². The highest BCUT2D eigenvalue weighted by atomic mass is 35.5. The van der Waals surface area contributed by atoms with Crippen molar-refractivity contribution in [1.29, 1.82) is 0 Å². The number of carbonyl (C=O) groups is 2. The fourth-order valence-electron chi connectivity index (χ4n) is 4.28. The summed E-state index contributed by atoms with van der Waals surface area (Å²) < 4.78 is 69.1. The molecule has 0 saturated carbocycles. The molecule has 3 aromatic rings. The van der Waals surface area contributed by atoms with Crippen LogP contribution in [-0.4, -0.2) is 44.3 Å². The molecule has 0 fully saturated rings. The number of amides is 2. The molecule has 1 unspecified atom stereocenters. The van der Waals surface area contributed by atoms with Gasteiger partial charge in [-0.05, 0) is 54.8 Å². The number of sulfonamides is 1. The fourth-order valence-corrected chi connectivity index (χ4v) is 6.23. The molecule has 232 valence electrons. The molecule has 1 atom stereocenters. The first kappa shape index (κ1) is 34.2. The number of nitrogens with one attached hydrogen (secondary N) is 1. The van der Waals surface area contributed by atoms with E-state index in [0.717, 1.165) is 17.0 Å². The first-order chi connectivity index (χ1) is 20.2. The Morgan fingerprint density at radius 1 is 0.930 bits per heavy atom. The van der Waals surface area contributed by atoms with Gasteiger partial charge in [-0.3, -0.25) is 13.9 Å². The maximum atomic E-state index is 14.1. The molecule has 3 aromatic carbocycles. The predicted octanol–water partition coefficient (Wildman–Crippen LogP) is 6.79. The van der Waals surface area contributed by atoms with Gasteiger partial charge >= 0.3 is 6.18 Å². The van der Waals surface area contributed by atoms with Gasteiger partial charge in [-0.1, -0.05) is 74.3 Å². The van der Waals surface area contributed by atoms with E-state index in [0.29, 0.717) is 22.5 Å². The summed E-state index contributed by atoms with van der Waals surface area (Å²) in [4.78, 5) is 28.3. The molecule has 0 aliphatic rings. The molecule has 3 rings (SSSR count). The first-order valence-corrected chi connectivity index (χ1v) is 15.6. The van der Waals surface area contributed by atoms with Crippen molar-refractivity contribution < 1.29 is 31.2 Å². The summed E-state index contributed by atoms with van der Waals surface area (Å²) in [6, 6.07) is 14.4. The second kappa shape index (κ2) is 14.5. The molecule has 13 heteroatoms. The minimum atomic E-state index is -4.77. The number of alkyl halides is 3. The van der Waals surface area contributed by atoms with Crippen molar-refractivity contribution in [2.45, 2.75) is 50.9 Å². The Hall–Kier alpha value is -3.28. The van der Waals surface area contributed by atoms with Gasteiger partial charge in [0.2, 0.25) is 11.8 Å². The van der Waals surface area contributed by atoms with Crippen molar-refractivity contribution in [3.63, 3.8) is 0 Å². The average Bonchev–Trinajstić information content (AvgIpc) is 2.96. The van der Waals surface area contributed by atoms with Crippen LogP contribution in [0.5, 0.6) is 0 Å². The van der Waals surface area contributed by atoms with Crippen molar-refractivity contribution in [2.24, 2.45) is 5.92 Å². The third-order valence-corrected chi connectivity index (χ3v) is 9.03. The van der Waals surface area contributed by atoms with Crippen molar-refractivity contribution in [1.82, 2.24) is 10.2 Å². The van der Waals surface area contributed by atoms with Crippen LogP contribution in [0.15, 0.2) is 77.7 Å². The number of nitrogens with zero attached hydrogens (tertiary/aromatic N) is 2. The van der Waals surface area contributed by atoms with Crippen LogP contribution in [-0.2, 0) is 32.3 Å². The quantitative estimate of drug-likeness (QED) is 0.232. The summed E-state index contributed by atoms with van der Waals surface area (Å²) in [7, 11) is -4.54. The first-order valence-electron chi connectivity index (χ1n) is 13.4. The van der Waals surface area contributed by atoms with E-state index in [9.17, 15) is 31.2 Å². The van der Waals surface area contributed by atoms with Crippen LogP contribution in [0, 0.1) is 5.92 Å². The van der Waals surface area contributed by atoms with Crippen LogP contribution in [0.25, 0.3) is 0 Å². The average molecular weight is 659 g/mol. The van der Waals surface area contributed by atoms with Crippen LogP contribution in [0.1, 0.15) is 38.3 Å². The van der Waals surface area contributed by atoms with Crippen molar-refractivity contribution in [3.05, 3.63) is 94.0 Å².